The van der Waals surface area contributed by atoms with Gasteiger partial charge in [-0.25, -0.2) is 0 Å². The van der Waals surface area contributed by atoms with Crippen LogP contribution in [-0.4, -0.2) is 30.2 Å². The van der Waals surface area contributed by atoms with Gasteiger partial charge in [-0.1, -0.05) is 25.1 Å². The zero-order chi connectivity index (χ0) is 14.1. The molecule has 0 aliphatic rings. The Bertz CT molecular complexity index is 410. The van der Waals surface area contributed by atoms with Crippen LogP contribution >= 0.6 is 0 Å². The number of rotatable bonds is 8. The van der Waals surface area contributed by atoms with Crippen LogP contribution < -0.4 is 10.1 Å². The number of amides is 1. The topological polar surface area (TPSA) is 90.7 Å². The third kappa shape index (κ3) is 5.71. The first kappa shape index (κ1) is 14.7. The molecule has 104 valence electrons. The average Bonchev–Trinajstić information content (AvgIpc) is 2.41. The number of carbonyl (C=O) groups excluding carboxylic acids is 1. The van der Waals surface area contributed by atoms with E-state index >= 15 is 0 Å². The summed E-state index contributed by atoms with van der Waals surface area (Å²) in [5.74, 6) is 0.282. The number of nitrogens with zero attached hydrogens (tertiary/aromatic N) is 1. The second-order valence-corrected chi connectivity index (χ2v) is 3.68. The Balaban J connectivity index is 2.37. The number of ether oxygens (including phenoxy) is 1. The number of hydrogen-bond donors (Lipinski definition) is 1. The minimum atomic E-state index is -0.899. The van der Waals surface area contributed by atoms with E-state index in [2.05, 4.69) is 10.2 Å². The summed E-state index contributed by atoms with van der Waals surface area (Å²) in [6, 6.07) is 8.98. The Morgan fingerprint density at radius 1 is 1.42 bits per heavy atom. The summed E-state index contributed by atoms with van der Waals surface area (Å²) in [5, 5.41) is 11.5. The fraction of sp³-hybridized carbons (Fsp3) is 0.417. The molecule has 0 bridgehead atoms. The Morgan fingerprint density at radius 2 is 2.11 bits per heavy atom. The molecular weight excluding hydrogens is 252 g/mol. The Labute approximate surface area is 110 Å². The SMILES string of the molecule is CCC(Oc1ccccc1)C(=O)NCCO[N+](=O)[O-]. The molecule has 0 radical (unpaired) electrons. The van der Waals surface area contributed by atoms with Gasteiger partial charge in [-0.15, -0.1) is 10.1 Å². The average molecular weight is 268 g/mol. The van der Waals surface area contributed by atoms with Crippen LogP contribution in [0, 0.1) is 10.1 Å². The van der Waals surface area contributed by atoms with Gasteiger partial charge in [-0.3, -0.25) is 4.79 Å². The Hall–Kier alpha value is -2.31. The zero-order valence-corrected chi connectivity index (χ0v) is 10.6. The maximum atomic E-state index is 11.8. The van der Waals surface area contributed by atoms with Crippen molar-refractivity contribution in [3.05, 3.63) is 40.4 Å². The first-order chi connectivity index (χ1) is 9.13. The second-order valence-electron chi connectivity index (χ2n) is 3.68. The molecule has 7 heteroatoms. The first-order valence-corrected chi connectivity index (χ1v) is 5.90. The standard InChI is InChI=1S/C12H16N2O5/c1-2-11(19-10-6-4-3-5-7-10)12(15)13-8-9-18-14(16)17/h3-7,11H,2,8-9H2,1H3,(H,13,15). The van der Waals surface area contributed by atoms with E-state index in [-0.39, 0.29) is 19.1 Å². The number of benzene rings is 1. The van der Waals surface area contributed by atoms with Crippen LogP contribution in [0.4, 0.5) is 0 Å². The smallest absolute Gasteiger partial charge is 0.294 e. The van der Waals surface area contributed by atoms with E-state index in [1.54, 1.807) is 12.1 Å². The van der Waals surface area contributed by atoms with Gasteiger partial charge in [0.1, 0.15) is 12.4 Å². The third-order valence-corrected chi connectivity index (χ3v) is 2.28. The molecule has 1 aromatic rings. The third-order valence-electron chi connectivity index (χ3n) is 2.28. The molecule has 1 unspecified atom stereocenters. The summed E-state index contributed by atoms with van der Waals surface area (Å²) < 4.78 is 5.52. The van der Waals surface area contributed by atoms with E-state index in [9.17, 15) is 14.9 Å². The van der Waals surface area contributed by atoms with E-state index in [1.165, 1.54) is 0 Å². The summed E-state index contributed by atoms with van der Waals surface area (Å²) in [4.78, 5) is 25.8. The fourth-order valence-electron chi connectivity index (χ4n) is 1.39. The van der Waals surface area contributed by atoms with Gasteiger partial charge in [0.2, 0.25) is 0 Å². The molecule has 1 amide bonds. The molecule has 0 aliphatic heterocycles. The highest BCUT2D eigenvalue weighted by molar-refractivity contribution is 5.81. The molecule has 0 fully saturated rings. The van der Waals surface area contributed by atoms with Crippen molar-refractivity contribution >= 4 is 5.91 Å². The molecule has 1 atom stereocenters. The summed E-state index contributed by atoms with van der Waals surface area (Å²) in [5.41, 5.74) is 0. The highest BCUT2D eigenvalue weighted by Gasteiger charge is 2.17. The van der Waals surface area contributed by atoms with E-state index in [0.717, 1.165) is 0 Å². The van der Waals surface area contributed by atoms with Crippen molar-refractivity contribution in [1.82, 2.24) is 5.32 Å². The van der Waals surface area contributed by atoms with Gasteiger partial charge in [0.15, 0.2) is 6.10 Å². The van der Waals surface area contributed by atoms with E-state index in [1.807, 2.05) is 25.1 Å². The van der Waals surface area contributed by atoms with Crippen molar-refractivity contribution in [2.75, 3.05) is 13.2 Å². The van der Waals surface area contributed by atoms with Crippen molar-refractivity contribution in [3.8, 4) is 5.75 Å². The summed E-state index contributed by atoms with van der Waals surface area (Å²) >= 11 is 0. The van der Waals surface area contributed by atoms with Gasteiger partial charge in [0.25, 0.3) is 11.0 Å². The zero-order valence-electron chi connectivity index (χ0n) is 10.6. The highest BCUT2D eigenvalue weighted by atomic mass is 16.9. The van der Waals surface area contributed by atoms with Gasteiger partial charge < -0.3 is 14.9 Å². The van der Waals surface area contributed by atoms with Crippen LogP contribution in [-0.2, 0) is 9.63 Å². The number of nitrogens with one attached hydrogen (secondary N) is 1. The maximum absolute atomic E-state index is 11.8. The highest BCUT2D eigenvalue weighted by Crippen LogP contribution is 2.12. The molecule has 0 saturated carbocycles. The van der Waals surface area contributed by atoms with E-state index < -0.39 is 11.2 Å². The van der Waals surface area contributed by atoms with Crippen molar-refractivity contribution in [2.24, 2.45) is 0 Å². The second kappa shape index (κ2) is 7.91. The lowest BCUT2D eigenvalue weighted by Crippen LogP contribution is -2.39. The van der Waals surface area contributed by atoms with Crippen LogP contribution in [0.5, 0.6) is 5.75 Å². The minimum Gasteiger partial charge on any atom is -0.481 e. The normalized spacial score (nSPS) is 11.4. The van der Waals surface area contributed by atoms with Crippen LogP contribution in [0.15, 0.2) is 30.3 Å². The Morgan fingerprint density at radius 3 is 2.68 bits per heavy atom. The van der Waals surface area contributed by atoms with Gasteiger partial charge in [0.05, 0.1) is 0 Å². The number of carbonyl (C=O) groups is 1. The summed E-state index contributed by atoms with van der Waals surface area (Å²) in [6.07, 6.45) is -0.130. The maximum Gasteiger partial charge on any atom is 0.294 e. The summed E-state index contributed by atoms with van der Waals surface area (Å²) in [7, 11) is 0. The monoisotopic (exact) mass is 268 g/mol. The first-order valence-electron chi connectivity index (χ1n) is 5.90. The lowest BCUT2D eigenvalue weighted by molar-refractivity contribution is -0.757. The van der Waals surface area contributed by atoms with Crippen molar-refractivity contribution in [2.45, 2.75) is 19.4 Å². The number of para-hydroxylation sites is 1. The molecule has 1 rings (SSSR count). The van der Waals surface area contributed by atoms with Crippen molar-refractivity contribution in [1.29, 1.82) is 0 Å². The van der Waals surface area contributed by atoms with Crippen molar-refractivity contribution in [3.63, 3.8) is 0 Å². The van der Waals surface area contributed by atoms with Crippen LogP contribution in [0.25, 0.3) is 0 Å². The minimum absolute atomic E-state index is 0.0640. The molecule has 19 heavy (non-hydrogen) atoms. The molecule has 7 nitrogen and oxygen atoms in total. The summed E-state index contributed by atoms with van der Waals surface area (Å²) in [6.45, 7) is 1.70. The Kier molecular flexibility index (Phi) is 6.14. The van der Waals surface area contributed by atoms with Crippen molar-refractivity contribution < 1.29 is 19.5 Å². The van der Waals surface area contributed by atoms with Gasteiger partial charge in [0, 0.05) is 6.54 Å². The fourth-order valence-corrected chi connectivity index (χ4v) is 1.39. The van der Waals surface area contributed by atoms with Crippen LogP contribution in [0.3, 0.4) is 0 Å². The molecule has 0 heterocycles. The molecule has 0 aromatic heterocycles. The lowest BCUT2D eigenvalue weighted by Gasteiger charge is -2.17. The van der Waals surface area contributed by atoms with Crippen LogP contribution in [0.1, 0.15) is 13.3 Å². The molecule has 0 spiro atoms. The molecule has 0 saturated heterocycles. The molecule has 1 N–H and O–H groups in total. The van der Waals surface area contributed by atoms with Gasteiger partial charge in [-0.2, -0.15) is 0 Å². The quantitative estimate of drug-likeness (QED) is 0.434. The van der Waals surface area contributed by atoms with Gasteiger partial charge in [-0.05, 0) is 18.6 Å². The molecule has 1 aromatic carbocycles. The largest absolute Gasteiger partial charge is 0.481 e. The number of hydrogen-bond acceptors (Lipinski definition) is 5. The van der Waals surface area contributed by atoms with E-state index in [0.29, 0.717) is 12.2 Å². The predicted octanol–water partition coefficient (Wildman–Crippen LogP) is 1.17. The lowest BCUT2D eigenvalue weighted by atomic mass is 10.2. The molecule has 0 aliphatic carbocycles. The van der Waals surface area contributed by atoms with Crippen LogP contribution in [0.2, 0.25) is 0 Å². The van der Waals surface area contributed by atoms with Gasteiger partial charge >= 0.3 is 0 Å². The predicted molar refractivity (Wildman–Crippen MR) is 67.1 cm³/mol. The molecular formula is C12H16N2O5. The van der Waals surface area contributed by atoms with E-state index in [4.69, 9.17) is 4.74 Å².